The summed E-state index contributed by atoms with van der Waals surface area (Å²) in [5, 5.41) is 9.42. The molecule has 4 aromatic rings. The summed E-state index contributed by atoms with van der Waals surface area (Å²) in [7, 11) is 4.27. The standard InChI is InChI=1S/C30H29Cl2N7O5/c1-38-15-21(29(42)39(2)30(38)43)27(41)36-22-9-5-7-19(25(22)32)18-6-4-8-20(24(18)31)26-34-13-16(28(37-26)44-3)12-33-14-17-10-11-23(40)35-17/h4-9,13,15,17,33H,10-12,14H2,1-3H3,(H,35,40)(H,36,41). The number of methoxy groups -OCH3 is 1. The van der Waals surface area contributed by atoms with Gasteiger partial charge in [-0.1, -0.05) is 47.5 Å². The molecule has 0 spiro atoms. The van der Waals surface area contributed by atoms with E-state index in [1.165, 1.54) is 27.4 Å². The summed E-state index contributed by atoms with van der Waals surface area (Å²) < 4.78 is 7.54. The number of carbonyl (C=O) groups excluding carboxylic acids is 2. The molecule has 0 saturated carbocycles. The van der Waals surface area contributed by atoms with E-state index in [0.29, 0.717) is 52.9 Å². The Kier molecular flexibility index (Phi) is 9.14. The molecule has 228 valence electrons. The first-order valence-electron chi connectivity index (χ1n) is 13.6. The number of halogens is 2. The highest BCUT2D eigenvalue weighted by Gasteiger charge is 2.22. The minimum atomic E-state index is -0.729. The third-order valence-corrected chi connectivity index (χ3v) is 8.09. The molecule has 3 heterocycles. The summed E-state index contributed by atoms with van der Waals surface area (Å²) in [6.45, 7) is 1.07. The number of ether oxygens (including phenoxy) is 1. The van der Waals surface area contributed by atoms with Crippen LogP contribution in [0, 0.1) is 0 Å². The summed E-state index contributed by atoms with van der Waals surface area (Å²) >= 11 is 13.6. The maximum atomic E-state index is 13.0. The Morgan fingerprint density at radius 1 is 1.07 bits per heavy atom. The summed E-state index contributed by atoms with van der Waals surface area (Å²) in [5.41, 5.74) is 1.12. The van der Waals surface area contributed by atoms with E-state index in [0.717, 1.165) is 21.1 Å². The van der Waals surface area contributed by atoms with Crippen LogP contribution in [0.15, 0.2) is 58.4 Å². The molecular formula is C30H29Cl2N7O5. The summed E-state index contributed by atoms with van der Waals surface area (Å²) in [6, 6.07) is 10.5. The lowest BCUT2D eigenvalue weighted by Crippen LogP contribution is -2.40. The minimum Gasteiger partial charge on any atom is -0.481 e. The molecule has 3 N–H and O–H groups in total. The lowest BCUT2D eigenvalue weighted by Gasteiger charge is -2.15. The quantitative estimate of drug-likeness (QED) is 0.253. The lowest BCUT2D eigenvalue weighted by atomic mass is 10.0. The van der Waals surface area contributed by atoms with Crippen molar-refractivity contribution in [3.05, 3.63) is 90.8 Å². The molecule has 0 bridgehead atoms. The molecule has 0 aliphatic carbocycles. The topological polar surface area (TPSA) is 149 Å². The number of aryl methyl sites for hydroxylation is 1. The Bertz CT molecular complexity index is 1890. The average molecular weight is 639 g/mol. The number of benzene rings is 2. The number of carbonyl (C=O) groups is 2. The summed E-state index contributed by atoms with van der Waals surface area (Å²) in [5.74, 6) is 0.0637. The number of hydrogen-bond acceptors (Lipinski definition) is 8. The molecule has 1 atom stereocenters. The number of aromatic nitrogens is 4. The molecule has 1 aliphatic rings. The predicted molar refractivity (Wildman–Crippen MR) is 167 cm³/mol. The van der Waals surface area contributed by atoms with Crippen molar-refractivity contribution in [2.75, 3.05) is 19.0 Å². The van der Waals surface area contributed by atoms with Crippen molar-refractivity contribution >= 4 is 40.7 Å². The van der Waals surface area contributed by atoms with Crippen molar-refractivity contribution < 1.29 is 14.3 Å². The van der Waals surface area contributed by atoms with E-state index < -0.39 is 17.2 Å². The molecule has 1 unspecified atom stereocenters. The number of anilines is 1. The van der Waals surface area contributed by atoms with Gasteiger partial charge < -0.3 is 25.3 Å². The Labute approximate surface area is 262 Å². The molecule has 0 radical (unpaired) electrons. The predicted octanol–water partition coefficient (Wildman–Crippen LogP) is 3.14. The van der Waals surface area contributed by atoms with Crippen molar-refractivity contribution in [2.24, 2.45) is 14.1 Å². The fourth-order valence-electron chi connectivity index (χ4n) is 4.93. The lowest BCUT2D eigenvalue weighted by molar-refractivity contribution is -0.119. The van der Waals surface area contributed by atoms with Gasteiger partial charge in [0.05, 0.1) is 22.8 Å². The SMILES string of the molecule is COc1nc(-c2cccc(-c3cccc(NC(=O)c4cn(C)c(=O)n(C)c4=O)c3Cl)c2Cl)ncc1CNCC1CCC(=O)N1. The molecule has 1 aliphatic heterocycles. The Morgan fingerprint density at radius 3 is 2.48 bits per heavy atom. The van der Waals surface area contributed by atoms with Gasteiger partial charge in [0.2, 0.25) is 11.8 Å². The van der Waals surface area contributed by atoms with E-state index in [1.807, 2.05) is 0 Å². The molecule has 2 aromatic heterocycles. The zero-order valence-electron chi connectivity index (χ0n) is 24.1. The second-order valence-electron chi connectivity index (χ2n) is 10.3. The van der Waals surface area contributed by atoms with E-state index in [9.17, 15) is 19.2 Å². The van der Waals surface area contributed by atoms with Crippen LogP contribution < -0.4 is 31.9 Å². The smallest absolute Gasteiger partial charge is 0.330 e. The van der Waals surface area contributed by atoms with Gasteiger partial charge in [-0.25, -0.2) is 9.78 Å². The second kappa shape index (κ2) is 13.0. The monoisotopic (exact) mass is 637 g/mol. The third-order valence-electron chi connectivity index (χ3n) is 7.28. The van der Waals surface area contributed by atoms with E-state index in [4.69, 9.17) is 27.9 Å². The number of hydrogen-bond donors (Lipinski definition) is 3. The molecule has 14 heteroatoms. The normalized spacial score (nSPS) is 14.4. The first-order valence-corrected chi connectivity index (χ1v) is 14.4. The van der Waals surface area contributed by atoms with Crippen LogP contribution >= 0.6 is 23.2 Å². The van der Waals surface area contributed by atoms with Crippen molar-refractivity contribution in [1.82, 2.24) is 29.7 Å². The molecule has 2 amide bonds. The van der Waals surface area contributed by atoms with Crippen LogP contribution in [0.2, 0.25) is 10.0 Å². The third kappa shape index (κ3) is 6.23. The van der Waals surface area contributed by atoms with Gasteiger partial charge in [-0.05, 0) is 18.6 Å². The first-order chi connectivity index (χ1) is 21.1. The van der Waals surface area contributed by atoms with Crippen LogP contribution in [0.5, 0.6) is 5.88 Å². The highest BCUT2D eigenvalue weighted by atomic mass is 35.5. The van der Waals surface area contributed by atoms with Gasteiger partial charge in [-0.2, -0.15) is 4.98 Å². The fraction of sp³-hybridized carbons (Fsp3) is 0.267. The van der Waals surface area contributed by atoms with Gasteiger partial charge in [0.1, 0.15) is 5.56 Å². The Hall–Kier alpha value is -4.52. The molecule has 1 saturated heterocycles. The minimum absolute atomic E-state index is 0.0623. The van der Waals surface area contributed by atoms with Gasteiger partial charge in [0.25, 0.3) is 11.5 Å². The number of amides is 2. The van der Waals surface area contributed by atoms with Crippen molar-refractivity contribution in [3.8, 4) is 28.4 Å². The van der Waals surface area contributed by atoms with Crippen LogP contribution in [0.25, 0.3) is 22.5 Å². The number of nitrogens with zero attached hydrogens (tertiary/aromatic N) is 4. The number of rotatable bonds is 9. The van der Waals surface area contributed by atoms with Crippen molar-refractivity contribution in [1.29, 1.82) is 0 Å². The Morgan fingerprint density at radius 2 is 1.77 bits per heavy atom. The van der Waals surface area contributed by atoms with E-state index in [2.05, 4.69) is 25.9 Å². The van der Waals surface area contributed by atoms with Crippen molar-refractivity contribution in [2.45, 2.75) is 25.4 Å². The van der Waals surface area contributed by atoms with Crippen LogP contribution in [-0.2, 0) is 25.4 Å². The van der Waals surface area contributed by atoms with Crippen molar-refractivity contribution in [3.63, 3.8) is 0 Å². The number of nitrogens with one attached hydrogen (secondary N) is 3. The van der Waals surface area contributed by atoms with Gasteiger partial charge in [0.15, 0.2) is 5.82 Å². The molecule has 5 rings (SSSR count). The maximum Gasteiger partial charge on any atom is 0.330 e. The summed E-state index contributed by atoms with van der Waals surface area (Å²) in [6.07, 6.45) is 4.18. The van der Waals surface area contributed by atoms with Crippen LogP contribution in [0.4, 0.5) is 5.69 Å². The molecule has 2 aromatic carbocycles. The molecule has 44 heavy (non-hydrogen) atoms. The molecule has 12 nitrogen and oxygen atoms in total. The fourth-order valence-corrected chi connectivity index (χ4v) is 5.52. The van der Waals surface area contributed by atoms with E-state index in [1.54, 1.807) is 42.6 Å². The zero-order valence-corrected chi connectivity index (χ0v) is 25.6. The highest BCUT2D eigenvalue weighted by Crippen LogP contribution is 2.41. The van der Waals surface area contributed by atoms with Crippen LogP contribution in [0.1, 0.15) is 28.8 Å². The van der Waals surface area contributed by atoms with Gasteiger partial charge in [-0.3, -0.25) is 19.0 Å². The first kappa shape index (κ1) is 30.9. The second-order valence-corrected chi connectivity index (χ2v) is 11.0. The van der Waals surface area contributed by atoms with E-state index >= 15 is 0 Å². The average Bonchev–Trinajstić information content (AvgIpc) is 3.44. The molecular weight excluding hydrogens is 609 g/mol. The van der Waals surface area contributed by atoms with Crippen LogP contribution in [0.3, 0.4) is 0 Å². The zero-order chi connectivity index (χ0) is 31.5. The highest BCUT2D eigenvalue weighted by molar-refractivity contribution is 6.39. The van der Waals surface area contributed by atoms with Gasteiger partial charge in [0, 0.05) is 74.3 Å². The Balaban J connectivity index is 1.40. The van der Waals surface area contributed by atoms with Gasteiger partial charge >= 0.3 is 5.69 Å². The maximum absolute atomic E-state index is 13.0. The summed E-state index contributed by atoms with van der Waals surface area (Å²) in [4.78, 5) is 58.1. The van der Waals surface area contributed by atoms with Gasteiger partial charge in [-0.15, -0.1) is 0 Å². The largest absolute Gasteiger partial charge is 0.481 e. The van der Waals surface area contributed by atoms with Crippen LogP contribution in [-0.4, -0.2) is 50.6 Å². The van der Waals surface area contributed by atoms with E-state index in [-0.39, 0.29) is 28.2 Å². The molecule has 1 fully saturated rings.